The van der Waals surface area contributed by atoms with Crippen molar-refractivity contribution in [3.63, 3.8) is 0 Å². The van der Waals surface area contributed by atoms with Crippen molar-refractivity contribution in [1.82, 2.24) is 9.88 Å². The summed E-state index contributed by atoms with van der Waals surface area (Å²) < 4.78 is 67.1. The van der Waals surface area contributed by atoms with E-state index in [2.05, 4.69) is 10.3 Å². The van der Waals surface area contributed by atoms with Crippen molar-refractivity contribution < 1.29 is 40.7 Å². The lowest BCUT2D eigenvalue weighted by Crippen LogP contribution is -2.36. The molecule has 0 atom stereocenters. The van der Waals surface area contributed by atoms with E-state index in [-0.39, 0.29) is 18.1 Å². The average Bonchev–Trinajstić information content (AvgIpc) is 3.70. The van der Waals surface area contributed by atoms with Gasteiger partial charge in [-0.05, 0) is 79.1 Å². The van der Waals surface area contributed by atoms with Gasteiger partial charge >= 0.3 is 11.5 Å². The van der Waals surface area contributed by atoms with Crippen LogP contribution in [0.4, 0.5) is 29.5 Å². The summed E-state index contributed by atoms with van der Waals surface area (Å²) in [5.41, 5.74) is -5.70. The fourth-order valence-corrected chi connectivity index (χ4v) is 5.19. The summed E-state index contributed by atoms with van der Waals surface area (Å²) in [5.74, 6) is -0.155. The van der Waals surface area contributed by atoms with Gasteiger partial charge in [0.25, 0.3) is 21.7 Å². The number of rotatable bonds is 7. The van der Waals surface area contributed by atoms with E-state index in [4.69, 9.17) is 4.74 Å². The zero-order chi connectivity index (χ0) is 28.9. The molecular weight excluding hydrogens is 553 g/mol. The highest BCUT2D eigenvalue weighted by molar-refractivity contribution is 7.92. The molecule has 2 fully saturated rings. The zero-order valence-electron chi connectivity index (χ0n) is 20.8. The number of imide groups is 1. The Labute approximate surface area is 226 Å². The number of halogens is 3. The molecule has 2 aliphatic rings. The van der Waals surface area contributed by atoms with E-state index in [0.717, 1.165) is 17.0 Å². The molecule has 0 unspecified atom stereocenters. The number of hydrogen-bond donors (Lipinski definition) is 1. The second-order valence-electron chi connectivity index (χ2n) is 9.22. The molecule has 40 heavy (non-hydrogen) atoms. The highest BCUT2D eigenvalue weighted by Gasteiger charge is 2.65. The number of amides is 4. The number of ether oxygens (including phenoxy) is 1. The Bertz CT molecular complexity index is 1600. The molecule has 1 N–H and O–H groups in total. The fraction of sp³-hybridized carbons (Fsp3) is 0.231. The number of pyridine rings is 1. The summed E-state index contributed by atoms with van der Waals surface area (Å²) >= 11 is 0. The van der Waals surface area contributed by atoms with Gasteiger partial charge in [-0.1, -0.05) is 0 Å². The third-order valence-corrected chi connectivity index (χ3v) is 8.23. The van der Waals surface area contributed by atoms with Crippen molar-refractivity contribution in [3.8, 4) is 5.75 Å². The van der Waals surface area contributed by atoms with Gasteiger partial charge in [0.1, 0.15) is 17.1 Å². The lowest BCUT2D eigenvalue weighted by Gasteiger charge is -2.21. The first-order chi connectivity index (χ1) is 18.9. The summed E-state index contributed by atoms with van der Waals surface area (Å²) in [6, 6.07) is 12.3. The van der Waals surface area contributed by atoms with Crippen LogP contribution in [-0.2, 0) is 21.2 Å². The van der Waals surface area contributed by atoms with Gasteiger partial charge in [0, 0.05) is 18.3 Å². The molecule has 1 aliphatic carbocycles. The molecule has 1 spiro atoms. The minimum atomic E-state index is -5.58. The Balaban J connectivity index is 1.34. The zero-order valence-corrected chi connectivity index (χ0v) is 21.6. The van der Waals surface area contributed by atoms with E-state index < -0.39 is 43.6 Å². The molecule has 3 aromatic rings. The van der Waals surface area contributed by atoms with Crippen LogP contribution in [0, 0.1) is 0 Å². The Morgan fingerprint density at radius 2 is 1.70 bits per heavy atom. The van der Waals surface area contributed by atoms with Gasteiger partial charge in [-0.3, -0.25) is 9.59 Å². The first-order valence-corrected chi connectivity index (χ1v) is 13.3. The minimum absolute atomic E-state index is 0.00443. The molecule has 0 bridgehead atoms. The number of carbonyl (C=O) groups excluding carboxylic acids is 3. The number of aromatic nitrogens is 1. The van der Waals surface area contributed by atoms with Crippen molar-refractivity contribution in [3.05, 3.63) is 78.0 Å². The topological polar surface area (TPSA) is 126 Å². The monoisotopic (exact) mass is 574 g/mol. The third-order valence-electron chi connectivity index (χ3n) is 6.73. The Kier molecular flexibility index (Phi) is 6.53. The van der Waals surface area contributed by atoms with E-state index in [0.29, 0.717) is 41.9 Å². The van der Waals surface area contributed by atoms with Crippen molar-refractivity contribution >= 4 is 39.2 Å². The normalized spacial score (nSPS) is 16.4. The van der Waals surface area contributed by atoms with E-state index in [1.54, 1.807) is 36.4 Å². The van der Waals surface area contributed by atoms with Crippen LogP contribution in [0.15, 0.2) is 71.8 Å². The number of nitrogens with zero attached hydrogens (tertiary/aromatic N) is 3. The van der Waals surface area contributed by atoms with Gasteiger partial charge in [0.15, 0.2) is 0 Å². The molecule has 4 amide bonds. The highest BCUT2D eigenvalue weighted by atomic mass is 32.2. The largest absolute Gasteiger partial charge is 0.501 e. The average molecular weight is 575 g/mol. The third kappa shape index (κ3) is 4.63. The molecule has 1 aliphatic heterocycles. The number of nitrogens with one attached hydrogen (secondary N) is 1. The first kappa shape index (κ1) is 27.1. The maximum atomic E-state index is 13.4. The SMILES string of the molecule is COc1ccc(C(=O)Nc2cc(CN3C(=O)N(c4ccc(S(=O)(=O)C(F)(F)F)cc4)C(=O)C34CC4)ccn2)cc1. The van der Waals surface area contributed by atoms with Crippen LogP contribution in [0.1, 0.15) is 28.8 Å². The number of benzene rings is 2. The van der Waals surface area contributed by atoms with Crippen LogP contribution in [0.2, 0.25) is 0 Å². The fourth-order valence-electron chi connectivity index (χ4n) is 4.43. The summed E-state index contributed by atoms with van der Waals surface area (Å²) in [7, 11) is -4.07. The van der Waals surface area contributed by atoms with E-state index in [9.17, 15) is 36.0 Å². The summed E-state index contributed by atoms with van der Waals surface area (Å²) in [6.45, 7) is -0.00443. The molecule has 208 valence electrons. The molecule has 2 heterocycles. The lowest BCUT2D eigenvalue weighted by molar-refractivity contribution is -0.120. The van der Waals surface area contributed by atoms with Crippen LogP contribution in [-0.4, -0.2) is 54.3 Å². The molecule has 1 aromatic heterocycles. The second kappa shape index (κ2) is 9.62. The van der Waals surface area contributed by atoms with Gasteiger partial charge in [-0.15, -0.1) is 0 Å². The number of urea groups is 1. The van der Waals surface area contributed by atoms with E-state index in [1.165, 1.54) is 18.2 Å². The summed E-state index contributed by atoms with van der Waals surface area (Å²) in [6.07, 6.45) is 2.22. The minimum Gasteiger partial charge on any atom is -0.497 e. The Hall–Kier alpha value is -4.46. The van der Waals surface area contributed by atoms with Crippen LogP contribution in [0.25, 0.3) is 0 Å². The van der Waals surface area contributed by atoms with Crippen molar-refractivity contribution in [2.24, 2.45) is 0 Å². The van der Waals surface area contributed by atoms with Gasteiger partial charge < -0.3 is 15.0 Å². The number of hydrogen-bond acceptors (Lipinski definition) is 7. The number of alkyl halides is 3. The second-order valence-corrected chi connectivity index (χ2v) is 11.2. The lowest BCUT2D eigenvalue weighted by atomic mass is 10.1. The molecule has 14 heteroatoms. The predicted octanol–water partition coefficient (Wildman–Crippen LogP) is 4.14. The molecule has 1 saturated carbocycles. The number of sulfone groups is 1. The highest BCUT2D eigenvalue weighted by Crippen LogP contribution is 2.49. The molecule has 2 aromatic carbocycles. The van der Waals surface area contributed by atoms with Crippen LogP contribution in [0.3, 0.4) is 0 Å². The Morgan fingerprint density at radius 3 is 2.27 bits per heavy atom. The molecular formula is C26H21F3N4O6S. The molecule has 1 saturated heterocycles. The van der Waals surface area contributed by atoms with Gasteiger partial charge in [0.2, 0.25) is 0 Å². The summed E-state index contributed by atoms with van der Waals surface area (Å²) in [4.78, 5) is 44.6. The number of carbonyl (C=O) groups is 3. The van der Waals surface area contributed by atoms with Crippen molar-refractivity contribution in [2.45, 2.75) is 35.3 Å². The van der Waals surface area contributed by atoms with E-state index >= 15 is 0 Å². The molecule has 0 radical (unpaired) electrons. The van der Waals surface area contributed by atoms with Gasteiger partial charge in [-0.2, -0.15) is 13.2 Å². The first-order valence-electron chi connectivity index (χ1n) is 11.9. The Morgan fingerprint density at radius 1 is 1.05 bits per heavy atom. The summed E-state index contributed by atoms with van der Waals surface area (Å²) in [5, 5.41) is 2.68. The number of anilines is 2. The molecule has 5 rings (SSSR count). The smallest absolute Gasteiger partial charge is 0.497 e. The van der Waals surface area contributed by atoms with Crippen LogP contribution < -0.4 is 15.0 Å². The van der Waals surface area contributed by atoms with E-state index in [1.807, 2.05) is 0 Å². The van der Waals surface area contributed by atoms with Crippen LogP contribution in [0.5, 0.6) is 5.75 Å². The maximum absolute atomic E-state index is 13.4. The van der Waals surface area contributed by atoms with Crippen LogP contribution >= 0.6 is 0 Å². The quantitative estimate of drug-likeness (QED) is 0.421. The maximum Gasteiger partial charge on any atom is 0.501 e. The van der Waals surface area contributed by atoms with Gasteiger partial charge in [-0.25, -0.2) is 23.1 Å². The molecule has 10 nitrogen and oxygen atoms in total. The standard InChI is InChI=1S/C26H21F3N4O6S/c1-39-19-6-2-17(3-7-19)22(34)31-21-14-16(10-13-30-21)15-32-24(36)33(23(35)25(32)11-12-25)18-4-8-20(9-5-18)40(37,38)26(27,28)29/h2-10,13-14H,11-12,15H2,1H3,(H,30,31,34). The van der Waals surface area contributed by atoms with Crippen molar-refractivity contribution in [2.75, 3.05) is 17.3 Å². The number of methoxy groups -OCH3 is 1. The van der Waals surface area contributed by atoms with Gasteiger partial charge in [0.05, 0.1) is 17.7 Å². The van der Waals surface area contributed by atoms with Crippen molar-refractivity contribution in [1.29, 1.82) is 0 Å². The predicted molar refractivity (Wildman–Crippen MR) is 135 cm³/mol.